The molecule has 0 spiro atoms. The number of hydrogen-bond acceptors (Lipinski definition) is 3. The Morgan fingerprint density at radius 2 is 2.10 bits per heavy atom. The first-order chi connectivity index (χ1) is 9.84. The molecule has 0 heterocycles. The number of nitrogens with zero attached hydrogens (tertiary/aromatic N) is 1. The highest BCUT2D eigenvalue weighted by atomic mass is 35.5. The Bertz CT molecular complexity index is 642. The molecule has 0 saturated heterocycles. The van der Waals surface area contributed by atoms with Gasteiger partial charge < -0.3 is 4.90 Å². The summed E-state index contributed by atoms with van der Waals surface area (Å²) in [6.07, 6.45) is 3.88. The molecule has 0 atom stereocenters. The maximum Gasteiger partial charge on any atom is 0.255 e. The van der Waals surface area contributed by atoms with E-state index < -0.39 is 10.0 Å². The van der Waals surface area contributed by atoms with Gasteiger partial charge in [0.2, 0.25) is 10.0 Å². The summed E-state index contributed by atoms with van der Waals surface area (Å²) in [5.41, 5.74) is 0.200. The molecule has 21 heavy (non-hydrogen) atoms. The molecule has 7 heteroatoms. The van der Waals surface area contributed by atoms with E-state index in [1.54, 1.807) is 4.90 Å². The molecule has 116 valence electrons. The first-order valence-corrected chi connectivity index (χ1v) is 8.90. The second kappa shape index (κ2) is 6.34. The van der Waals surface area contributed by atoms with Gasteiger partial charge in [-0.25, -0.2) is 13.6 Å². The fourth-order valence-electron chi connectivity index (χ4n) is 2.16. The Kier molecular flexibility index (Phi) is 4.91. The second-order valence-electron chi connectivity index (χ2n) is 5.27. The smallest absolute Gasteiger partial charge is 0.255 e. The standard InChI is InChI=1S/C14H19ClN2O3S/c1-2-3-8-17(10-4-5-10)14(18)12-9-11(21(16,19)20)6-7-13(12)15/h6-7,9-10H,2-5,8H2,1H3,(H2,16,19,20). The minimum atomic E-state index is -3.85. The number of sulfonamides is 1. The van der Waals surface area contributed by atoms with E-state index in [4.69, 9.17) is 16.7 Å². The molecule has 2 N–H and O–H groups in total. The number of unbranched alkanes of at least 4 members (excludes halogenated alkanes) is 1. The summed E-state index contributed by atoms with van der Waals surface area (Å²) < 4.78 is 22.8. The molecule has 0 aromatic heterocycles. The highest BCUT2D eigenvalue weighted by molar-refractivity contribution is 7.89. The Morgan fingerprint density at radius 1 is 1.43 bits per heavy atom. The van der Waals surface area contributed by atoms with Crippen molar-refractivity contribution in [3.8, 4) is 0 Å². The Morgan fingerprint density at radius 3 is 2.62 bits per heavy atom. The number of halogens is 1. The van der Waals surface area contributed by atoms with E-state index in [0.717, 1.165) is 25.7 Å². The van der Waals surface area contributed by atoms with E-state index in [1.165, 1.54) is 18.2 Å². The van der Waals surface area contributed by atoms with Gasteiger partial charge in [0.05, 0.1) is 15.5 Å². The number of primary sulfonamides is 1. The number of amides is 1. The van der Waals surface area contributed by atoms with Crippen molar-refractivity contribution in [2.45, 2.75) is 43.5 Å². The SMILES string of the molecule is CCCCN(C(=O)c1cc(S(N)(=O)=O)ccc1Cl)C1CC1. The van der Waals surface area contributed by atoms with Crippen LogP contribution < -0.4 is 5.14 Å². The van der Waals surface area contributed by atoms with Crippen molar-refractivity contribution < 1.29 is 13.2 Å². The molecule has 1 aliphatic rings. The van der Waals surface area contributed by atoms with Gasteiger partial charge in [-0.15, -0.1) is 0 Å². The van der Waals surface area contributed by atoms with Crippen LogP contribution in [0.5, 0.6) is 0 Å². The molecule has 0 radical (unpaired) electrons. The van der Waals surface area contributed by atoms with Crippen LogP contribution in [0.15, 0.2) is 23.1 Å². The second-order valence-corrected chi connectivity index (χ2v) is 7.24. The van der Waals surface area contributed by atoms with Crippen LogP contribution in [0.1, 0.15) is 43.0 Å². The number of hydrogen-bond donors (Lipinski definition) is 1. The molecular formula is C14H19ClN2O3S. The normalized spacial score (nSPS) is 15.0. The monoisotopic (exact) mass is 330 g/mol. The van der Waals surface area contributed by atoms with E-state index in [-0.39, 0.29) is 27.4 Å². The highest BCUT2D eigenvalue weighted by Gasteiger charge is 2.33. The maximum atomic E-state index is 12.6. The lowest BCUT2D eigenvalue weighted by molar-refractivity contribution is 0.0740. The van der Waals surface area contributed by atoms with Crippen molar-refractivity contribution >= 4 is 27.5 Å². The number of rotatable bonds is 6. The lowest BCUT2D eigenvalue weighted by Crippen LogP contribution is -2.34. The van der Waals surface area contributed by atoms with Gasteiger partial charge in [-0.1, -0.05) is 24.9 Å². The molecule has 0 bridgehead atoms. The summed E-state index contributed by atoms with van der Waals surface area (Å²) in [6.45, 7) is 2.72. The van der Waals surface area contributed by atoms with Gasteiger partial charge in [0.1, 0.15) is 0 Å². The largest absolute Gasteiger partial charge is 0.336 e. The fourth-order valence-corrected chi connectivity index (χ4v) is 2.90. The Labute approximate surface area is 130 Å². The van der Waals surface area contributed by atoms with Crippen molar-refractivity contribution in [2.75, 3.05) is 6.54 Å². The number of benzene rings is 1. The van der Waals surface area contributed by atoms with Gasteiger partial charge in [-0.3, -0.25) is 4.79 Å². The van der Waals surface area contributed by atoms with Crippen LogP contribution >= 0.6 is 11.6 Å². The van der Waals surface area contributed by atoms with E-state index in [0.29, 0.717) is 6.54 Å². The first-order valence-electron chi connectivity index (χ1n) is 6.98. The van der Waals surface area contributed by atoms with Crippen molar-refractivity contribution in [1.82, 2.24) is 4.90 Å². The molecule has 1 amide bonds. The minimum Gasteiger partial charge on any atom is -0.336 e. The van der Waals surface area contributed by atoms with Crippen LogP contribution in [0.3, 0.4) is 0 Å². The van der Waals surface area contributed by atoms with Crippen LogP contribution in [0.4, 0.5) is 0 Å². The summed E-state index contributed by atoms with van der Waals surface area (Å²) in [4.78, 5) is 14.3. The van der Waals surface area contributed by atoms with Gasteiger partial charge in [0.25, 0.3) is 5.91 Å². The Balaban J connectivity index is 2.32. The van der Waals surface area contributed by atoms with Crippen LogP contribution in [0.25, 0.3) is 0 Å². The van der Waals surface area contributed by atoms with Gasteiger partial charge in [0, 0.05) is 12.6 Å². The number of carbonyl (C=O) groups excluding carboxylic acids is 1. The van der Waals surface area contributed by atoms with E-state index in [2.05, 4.69) is 6.92 Å². The third-order valence-electron chi connectivity index (χ3n) is 3.50. The third kappa shape index (κ3) is 3.96. The summed E-state index contributed by atoms with van der Waals surface area (Å²) in [7, 11) is -3.85. The number of carbonyl (C=O) groups is 1. The maximum absolute atomic E-state index is 12.6. The molecule has 2 rings (SSSR count). The Hall–Kier alpha value is -1.11. The predicted octanol–water partition coefficient (Wildman–Crippen LogP) is 2.39. The van der Waals surface area contributed by atoms with Crippen molar-refractivity contribution in [3.05, 3.63) is 28.8 Å². The van der Waals surface area contributed by atoms with Gasteiger partial charge in [-0.2, -0.15) is 0 Å². The van der Waals surface area contributed by atoms with Crippen molar-refractivity contribution in [2.24, 2.45) is 5.14 Å². The predicted molar refractivity (Wildman–Crippen MR) is 81.8 cm³/mol. The first kappa shape index (κ1) is 16.3. The van der Waals surface area contributed by atoms with Crippen LogP contribution in [0.2, 0.25) is 5.02 Å². The van der Waals surface area contributed by atoms with Crippen molar-refractivity contribution in [3.63, 3.8) is 0 Å². The van der Waals surface area contributed by atoms with Gasteiger partial charge in [0.15, 0.2) is 0 Å². The molecule has 1 aliphatic carbocycles. The molecule has 1 fully saturated rings. The molecule has 0 aliphatic heterocycles. The zero-order valence-electron chi connectivity index (χ0n) is 11.9. The van der Waals surface area contributed by atoms with Gasteiger partial charge in [-0.05, 0) is 37.5 Å². The topological polar surface area (TPSA) is 80.5 Å². The van der Waals surface area contributed by atoms with Gasteiger partial charge >= 0.3 is 0 Å². The minimum absolute atomic E-state index is 0.0958. The van der Waals surface area contributed by atoms with Crippen LogP contribution in [-0.2, 0) is 10.0 Å². The molecule has 1 aromatic carbocycles. The van der Waals surface area contributed by atoms with Crippen molar-refractivity contribution in [1.29, 1.82) is 0 Å². The number of nitrogens with two attached hydrogens (primary N) is 1. The lowest BCUT2D eigenvalue weighted by Gasteiger charge is -2.23. The summed E-state index contributed by atoms with van der Waals surface area (Å²) in [5, 5.41) is 5.35. The summed E-state index contributed by atoms with van der Waals surface area (Å²) in [5.74, 6) is -0.221. The fraction of sp³-hybridized carbons (Fsp3) is 0.500. The molecule has 1 aromatic rings. The molecule has 5 nitrogen and oxygen atoms in total. The average molecular weight is 331 g/mol. The third-order valence-corrected chi connectivity index (χ3v) is 4.74. The summed E-state index contributed by atoms with van der Waals surface area (Å²) in [6, 6.07) is 4.22. The van der Waals surface area contributed by atoms with Crippen LogP contribution in [0, 0.1) is 0 Å². The van der Waals surface area contributed by atoms with Crippen LogP contribution in [-0.4, -0.2) is 31.8 Å². The summed E-state index contributed by atoms with van der Waals surface area (Å²) >= 11 is 6.06. The molecular weight excluding hydrogens is 312 g/mol. The zero-order valence-corrected chi connectivity index (χ0v) is 13.5. The van der Waals surface area contributed by atoms with E-state index in [9.17, 15) is 13.2 Å². The molecule has 1 saturated carbocycles. The molecule has 0 unspecified atom stereocenters. The lowest BCUT2D eigenvalue weighted by atomic mass is 10.2. The van der Waals surface area contributed by atoms with E-state index in [1.807, 2.05) is 0 Å². The highest BCUT2D eigenvalue weighted by Crippen LogP contribution is 2.30. The quantitative estimate of drug-likeness (QED) is 0.869. The average Bonchev–Trinajstić information content (AvgIpc) is 3.22. The zero-order chi connectivity index (χ0) is 15.6. The van der Waals surface area contributed by atoms with E-state index >= 15 is 0 Å².